The Bertz CT molecular complexity index is 242. The van der Waals surface area contributed by atoms with Gasteiger partial charge in [0, 0.05) is 0 Å². The molecule has 0 radical (unpaired) electrons. The van der Waals surface area contributed by atoms with Crippen molar-refractivity contribution in [3.8, 4) is 0 Å². The van der Waals surface area contributed by atoms with Crippen LogP contribution in [0.4, 0.5) is 0 Å². The van der Waals surface area contributed by atoms with Gasteiger partial charge in [-0.15, -0.1) is 0 Å². The zero-order valence-corrected chi connectivity index (χ0v) is 17.3. The summed E-state index contributed by atoms with van der Waals surface area (Å²) in [6.07, 6.45) is 0. The fraction of sp³-hybridized carbons (Fsp3) is 1.00. The topological polar surface area (TPSA) is 13.0 Å². The average molecular weight is 371 g/mol. The first-order valence-corrected chi connectivity index (χ1v) is 12.1. The molecule has 0 atom stereocenters. The predicted molar refractivity (Wildman–Crippen MR) is 98.3 cm³/mol. The van der Waals surface area contributed by atoms with Crippen molar-refractivity contribution in [2.75, 3.05) is 53.4 Å². The maximum absolute atomic E-state index is 4.35. The van der Waals surface area contributed by atoms with Gasteiger partial charge in [-0.3, -0.25) is 0 Å². The van der Waals surface area contributed by atoms with E-state index in [0.717, 1.165) is 39.3 Å². The van der Waals surface area contributed by atoms with Gasteiger partial charge in [-0.1, -0.05) is 0 Å². The molecule has 6 heteroatoms. The van der Waals surface area contributed by atoms with E-state index >= 15 is 0 Å². The first kappa shape index (κ1) is 20.8. The summed E-state index contributed by atoms with van der Waals surface area (Å²) in [4.78, 5) is 0. The van der Waals surface area contributed by atoms with Gasteiger partial charge >= 0.3 is 135 Å². The van der Waals surface area contributed by atoms with Crippen molar-refractivity contribution in [2.45, 2.75) is 41.5 Å². The van der Waals surface area contributed by atoms with Gasteiger partial charge in [0.1, 0.15) is 0 Å². The van der Waals surface area contributed by atoms with Gasteiger partial charge in [0.15, 0.2) is 0 Å². The van der Waals surface area contributed by atoms with E-state index in [4.69, 9.17) is 0 Å². The standard InChI is InChI=1S/C14H36BrN4P/c1-9-17(10-2)20(15,16(7)8,18(11-3)12-4)19(13-5)14-6/h9-14H2,1-8H3. The number of hydrogen-bond donors (Lipinski definition) is 0. The Morgan fingerprint density at radius 3 is 0.900 bits per heavy atom. The first-order valence-electron chi connectivity index (χ1n) is 8.00. The summed E-state index contributed by atoms with van der Waals surface area (Å²) in [7, 11) is 4.45. The van der Waals surface area contributed by atoms with E-state index < -0.39 is 5.91 Å². The van der Waals surface area contributed by atoms with Gasteiger partial charge in [-0.25, -0.2) is 0 Å². The summed E-state index contributed by atoms with van der Waals surface area (Å²) in [5.74, 6) is -2.62. The molecule has 0 fully saturated rings. The third-order valence-electron chi connectivity index (χ3n) is 4.34. The second kappa shape index (κ2) is 8.40. The summed E-state index contributed by atoms with van der Waals surface area (Å²) >= 11 is 4.35. The molecule has 124 valence electrons. The molecule has 0 heterocycles. The van der Waals surface area contributed by atoms with Gasteiger partial charge < -0.3 is 0 Å². The van der Waals surface area contributed by atoms with E-state index in [2.05, 4.69) is 89.8 Å². The second-order valence-electron chi connectivity index (χ2n) is 5.10. The molecule has 0 aromatic carbocycles. The zero-order chi connectivity index (χ0) is 16.0. The monoisotopic (exact) mass is 370 g/mol. The van der Waals surface area contributed by atoms with Crippen molar-refractivity contribution >= 4 is 21.4 Å². The minimum atomic E-state index is -2.62. The van der Waals surface area contributed by atoms with Crippen LogP contribution in [0.1, 0.15) is 41.5 Å². The molecule has 0 aromatic rings. The summed E-state index contributed by atoms with van der Waals surface area (Å²) in [6.45, 7) is 19.9. The van der Waals surface area contributed by atoms with Crippen LogP contribution in [0.15, 0.2) is 0 Å². The molecule has 4 nitrogen and oxygen atoms in total. The molecular formula is C14H36BrN4P. The van der Waals surface area contributed by atoms with Crippen molar-refractivity contribution < 1.29 is 0 Å². The Morgan fingerprint density at radius 2 is 0.800 bits per heavy atom. The molecule has 0 aliphatic heterocycles. The molecule has 0 rings (SSSR count). The van der Waals surface area contributed by atoms with Crippen molar-refractivity contribution in [1.82, 2.24) is 18.7 Å². The Morgan fingerprint density at radius 1 is 0.600 bits per heavy atom. The molecule has 0 amide bonds. The Labute approximate surface area is 135 Å². The molecule has 20 heavy (non-hydrogen) atoms. The van der Waals surface area contributed by atoms with Crippen LogP contribution in [0.2, 0.25) is 0 Å². The number of halogens is 1. The minimum absolute atomic E-state index is 1.05. The van der Waals surface area contributed by atoms with Crippen LogP contribution >= 0.6 is 21.4 Å². The summed E-state index contributed by atoms with van der Waals surface area (Å²) < 4.78 is 10.3. The quantitative estimate of drug-likeness (QED) is 0.536. The van der Waals surface area contributed by atoms with Gasteiger partial charge in [-0.2, -0.15) is 0 Å². The van der Waals surface area contributed by atoms with Gasteiger partial charge in [-0.05, 0) is 0 Å². The fourth-order valence-electron chi connectivity index (χ4n) is 3.43. The molecule has 0 aromatic heterocycles. The molecule has 0 saturated carbocycles. The van der Waals surface area contributed by atoms with Crippen LogP contribution in [-0.4, -0.2) is 72.0 Å². The van der Waals surface area contributed by atoms with E-state index in [1.165, 1.54) is 0 Å². The zero-order valence-electron chi connectivity index (χ0n) is 14.9. The summed E-state index contributed by atoms with van der Waals surface area (Å²) in [6, 6.07) is 0. The Hall–Kier alpha value is 0.750. The van der Waals surface area contributed by atoms with E-state index in [-0.39, 0.29) is 0 Å². The molecule has 0 bridgehead atoms. The number of nitrogens with zero attached hydrogens (tertiary/aromatic N) is 4. The van der Waals surface area contributed by atoms with Crippen molar-refractivity contribution in [2.24, 2.45) is 0 Å². The normalized spacial score (nSPS) is 15.3. The van der Waals surface area contributed by atoms with Crippen LogP contribution in [0.3, 0.4) is 0 Å². The van der Waals surface area contributed by atoms with E-state index in [9.17, 15) is 0 Å². The second-order valence-corrected chi connectivity index (χ2v) is 13.1. The van der Waals surface area contributed by atoms with Crippen molar-refractivity contribution in [1.29, 1.82) is 0 Å². The van der Waals surface area contributed by atoms with Crippen LogP contribution in [-0.2, 0) is 0 Å². The van der Waals surface area contributed by atoms with Crippen LogP contribution < -0.4 is 0 Å². The van der Waals surface area contributed by atoms with Gasteiger partial charge in [0.05, 0.1) is 0 Å². The third kappa shape index (κ3) is 2.95. The molecule has 0 spiro atoms. The van der Waals surface area contributed by atoms with E-state index in [1.807, 2.05) is 0 Å². The Balaban J connectivity index is 6.32. The van der Waals surface area contributed by atoms with Crippen LogP contribution in [0.25, 0.3) is 0 Å². The summed E-state index contributed by atoms with van der Waals surface area (Å²) in [5.41, 5.74) is 0. The molecule has 0 saturated heterocycles. The number of hydrogen-bond acceptors (Lipinski definition) is 4. The predicted octanol–water partition coefficient (Wildman–Crippen LogP) is 4.10. The molecule has 0 N–H and O–H groups in total. The van der Waals surface area contributed by atoms with Gasteiger partial charge in [0.2, 0.25) is 0 Å². The van der Waals surface area contributed by atoms with E-state index in [0.29, 0.717) is 0 Å². The fourth-order valence-corrected chi connectivity index (χ4v) is 13.0. The van der Waals surface area contributed by atoms with E-state index in [1.54, 1.807) is 0 Å². The third-order valence-corrected chi connectivity index (χ3v) is 16.3. The Kier molecular flexibility index (Phi) is 8.72. The van der Waals surface area contributed by atoms with Crippen LogP contribution in [0.5, 0.6) is 0 Å². The maximum atomic E-state index is 4.35. The molecule has 0 aliphatic carbocycles. The SMILES string of the molecule is CCN(CC)P(Br)(N(C)C)(N(CC)CC)N(CC)CC. The van der Waals surface area contributed by atoms with Crippen LogP contribution in [0, 0.1) is 0 Å². The number of rotatable bonds is 10. The van der Waals surface area contributed by atoms with Crippen molar-refractivity contribution in [3.05, 3.63) is 0 Å². The first-order chi connectivity index (χ1) is 9.33. The average Bonchev–Trinajstić information content (AvgIpc) is 2.42. The molecule has 0 unspecified atom stereocenters. The van der Waals surface area contributed by atoms with Crippen molar-refractivity contribution in [3.63, 3.8) is 0 Å². The van der Waals surface area contributed by atoms with Gasteiger partial charge in [0.25, 0.3) is 0 Å². The molecular weight excluding hydrogens is 335 g/mol. The summed E-state index contributed by atoms with van der Waals surface area (Å²) in [5, 5.41) is 0. The molecule has 0 aliphatic rings.